The summed E-state index contributed by atoms with van der Waals surface area (Å²) in [6.45, 7) is 7.40. The molecule has 0 aliphatic carbocycles. The van der Waals surface area contributed by atoms with Crippen molar-refractivity contribution in [1.29, 1.82) is 0 Å². The highest BCUT2D eigenvalue weighted by Gasteiger charge is 2.20. The summed E-state index contributed by atoms with van der Waals surface area (Å²) in [5, 5.41) is 4.84. The van der Waals surface area contributed by atoms with Crippen molar-refractivity contribution in [3.63, 3.8) is 0 Å². The first-order chi connectivity index (χ1) is 13.9. The molecule has 0 bridgehead atoms. The summed E-state index contributed by atoms with van der Waals surface area (Å²) >= 11 is 0. The number of hydrogen-bond donors (Lipinski definition) is 0. The normalized spacial score (nSPS) is 15.2. The number of aryl methyl sites for hydroxylation is 2. The van der Waals surface area contributed by atoms with Crippen molar-refractivity contribution >= 4 is 16.9 Å². The number of likely N-dealkylation sites (N-methyl/N-ethyl adjacent to an activating group) is 1. The van der Waals surface area contributed by atoms with Crippen LogP contribution in [0.3, 0.4) is 0 Å². The molecule has 1 fully saturated rings. The number of carbonyl (C=O) groups is 1. The van der Waals surface area contributed by atoms with E-state index in [4.69, 9.17) is 0 Å². The Bertz CT molecular complexity index is 1090. The SMILES string of the molecule is Cc1ccc(-n2ncc3c(=O)n(CCC(=O)N4CCN(C)CC4)c(C)nc32)cc1. The zero-order valence-electron chi connectivity index (χ0n) is 17.1. The Kier molecular flexibility index (Phi) is 5.19. The van der Waals surface area contributed by atoms with E-state index in [2.05, 4.69) is 22.0 Å². The lowest BCUT2D eigenvalue weighted by atomic mass is 10.2. The molecule has 1 aliphatic heterocycles. The van der Waals surface area contributed by atoms with Crippen LogP contribution in [-0.4, -0.2) is 68.3 Å². The summed E-state index contributed by atoms with van der Waals surface area (Å²) < 4.78 is 3.26. The molecular formula is C21H26N6O2. The summed E-state index contributed by atoms with van der Waals surface area (Å²) in [4.78, 5) is 34.3. The van der Waals surface area contributed by atoms with E-state index in [0.29, 0.717) is 29.8 Å². The molecule has 1 amide bonds. The van der Waals surface area contributed by atoms with Crippen LogP contribution in [0.2, 0.25) is 0 Å². The van der Waals surface area contributed by atoms with Gasteiger partial charge in [0.1, 0.15) is 11.2 Å². The van der Waals surface area contributed by atoms with Crippen LogP contribution in [0.4, 0.5) is 0 Å². The van der Waals surface area contributed by atoms with Crippen LogP contribution in [-0.2, 0) is 11.3 Å². The van der Waals surface area contributed by atoms with Crippen LogP contribution < -0.4 is 5.56 Å². The Labute approximate surface area is 169 Å². The third kappa shape index (κ3) is 3.80. The van der Waals surface area contributed by atoms with Gasteiger partial charge in [0.05, 0.1) is 11.9 Å². The molecule has 8 nitrogen and oxygen atoms in total. The molecule has 0 unspecified atom stereocenters. The molecule has 0 spiro atoms. The number of piperazine rings is 1. The third-order valence-corrected chi connectivity index (χ3v) is 5.56. The molecule has 4 rings (SSSR count). The smallest absolute Gasteiger partial charge is 0.264 e. The predicted octanol–water partition coefficient (Wildman–Crippen LogP) is 1.36. The average molecular weight is 394 g/mol. The minimum absolute atomic E-state index is 0.0832. The van der Waals surface area contributed by atoms with Gasteiger partial charge >= 0.3 is 0 Å². The van der Waals surface area contributed by atoms with E-state index in [1.807, 2.05) is 36.1 Å². The van der Waals surface area contributed by atoms with Gasteiger partial charge in [-0.2, -0.15) is 5.10 Å². The molecule has 3 heterocycles. The lowest BCUT2D eigenvalue weighted by Crippen LogP contribution is -2.47. The quantitative estimate of drug-likeness (QED) is 0.668. The molecule has 0 atom stereocenters. The minimum Gasteiger partial charge on any atom is -0.340 e. The fraction of sp³-hybridized carbons (Fsp3) is 0.429. The molecular weight excluding hydrogens is 368 g/mol. The molecule has 152 valence electrons. The summed E-state index contributed by atoms with van der Waals surface area (Å²) in [5.74, 6) is 0.669. The second-order valence-corrected chi connectivity index (χ2v) is 7.68. The van der Waals surface area contributed by atoms with Crippen LogP contribution in [0.5, 0.6) is 0 Å². The van der Waals surface area contributed by atoms with Crippen LogP contribution in [0, 0.1) is 13.8 Å². The minimum atomic E-state index is -0.156. The predicted molar refractivity (Wildman–Crippen MR) is 111 cm³/mol. The van der Waals surface area contributed by atoms with Gasteiger partial charge in [-0.15, -0.1) is 0 Å². The number of fused-ring (bicyclic) bond motifs is 1. The number of benzene rings is 1. The van der Waals surface area contributed by atoms with Gasteiger partial charge in [-0.05, 0) is 33.0 Å². The van der Waals surface area contributed by atoms with Crippen molar-refractivity contribution < 1.29 is 4.79 Å². The second kappa shape index (κ2) is 7.79. The first kappa shape index (κ1) is 19.3. The first-order valence-electron chi connectivity index (χ1n) is 9.92. The van der Waals surface area contributed by atoms with E-state index in [1.54, 1.807) is 22.4 Å². The van der Waals surface area contributed by atoms with Crippen molar-refractivity contribution in [2.24, 2.45) is 0 Å². The molecule has 0 radical (unpaired) electrons. The molecule has 0 saturated carbocycles. The monoisotopic (exact) mass is 394 g/mol. The van der Waals surface area contributed by atoms with Gasteiger partial charge in [0.15, 0.2) is 5.65 Å². The van der Waals surface area contributed by atoms with Gasteiger partial charge in [0, 0.05) is 39.1 Å². The maximum atomic E-state index is 13.0. The number of aromatic nitrogens is 4. The molecule has 8 heteroatoms. The fourth-order valence-corrected chi connectivity index (χ4v) is 3.67. The fourth-order valence-electron chi connectivity index (χ4n) is 3.67. The summed E-state index contributed by atoms with van der Waals surface area (Å²) in [6, 6.07) is 7.92. The Hall–Kier alpha value is -3.00. The number of amides is 1. The van der Waals surface area contributed by atoms with Crippen molar-refractivity contribution in [2.75, 3.05) is 33.2 Å². The maximum Gasteiger partial charge on any atom is 0.264 e. The van der Waals surface area contributed by atoms with E-state index in [1.165, 1.54) is 0 Å². The molecule has 0 N–H and O–H groups in total. The zero-order chi connectivity index (χ0) is 20.5. The van der Waals surface area contributed by atoms with Crippen LogP contribution in [0.15, 0.2) is 35.3 Å². The summed E-state index contributed by atoms with van der Waals surface area (Å²) in [5.41, 5.74) is 2.40. The van der Waals surface area contributed by atoms with Gasteiger partial charge in [-0.3, -0.25) is 14.2 Å². The van der Waals surface area contributed by atoms with Gasteiger partial charge in [-0.25, -0.2) is 9.67 Å². The standard InChI is InChI=1S/C21H26N6O2/c1-15-4-6-17(7-5-15)27-20-18(14-22-27)21(29)26(16(2)23-20)9-8-19(28)25-12-10-24(3)11-13-25/h4-7,14H,8-13H2,1-3H3. The highest BCUT2D eigenvalue weighted by molar-refractivity contribution is 5.77. The van der Waals surface area contributed by atoms with Crippen LogP contribution >= 0.6 is 0 Å². The van der Waals surface area contributed by atoms with E-state index in [-0.39, 0.29) is 11.5 Å². The maximum absolute atomic E-state index is 13.0. The van der Waals surface area contributed by atoms with E-state index in [0.717, 1.165) is 37.4 Å². The topological polar surface area (TPSA) is 76.3 Å². The lowest BCUT2D eigenvalue weighted by Gasteiger charge is -2.32. The number of carbonyl (C=O) groups excluding carboxylic acids is 1. The number of hydrogen-bond acceptors (Lipinski definition) is 5. The zero-order valence-corrected chi connectivity index (χ0v) is 17.1. The highest BCUT2D eigenvalue weighted by atomic mass is 16.2. The lowest BCUT2D eigenvalue weighted by molar-refractivity contribution is -0.133. The van der Waals surface area contributed by atoms with E-state index < -0.39 is 0 Å². The van der Waals surface area contributed by atoms with Crippen molar-refractivity contribution in [2.45, 2.75) is 26.8 Å². The highest BCUT2D eigenvalue weighted by Crippen LogP contribution is 2.15. The van der Waals surface area contributed by atoms with Crippen molar-refractivity contribution in [3.8, 4) is 5.69 Å². The van der Waals surface area contributed by atoms with Gasteiger partial charge < -0.3 is 9.80 Å². The van der Waals surface area contributed by atoms with E-state index >= 15 is 0 Å². The summed E-state index contributed by atoms with van der Waals surface area (Å²) in [6.07, 6.45) is 1.85. The molecule has 2 aromatic heterocycles. The van der Waals surface area contributed by atoms with Gasteiger partial charge in [-0.1, -0.05) is 17.7 Å². The number of rotatable bonds is 4. The Balaban J connectivity index is 1.57. The second-order valence-electron chi connectivity index (χ2n) is 7.68. The van der Waals surface area contributed by atoms with E-state index in [9.17, 15) is 9.59 Å². The Morgan fingerprint density at radius 2 is 1.76 bits per heavy atom. The Morgan fingerprint density at radius 3 is 2.45 bits per heavy atom. The van der Waals surface area contributed by atoms with Gasteiger partial charge in [0.25, 0.3) is 5.56 Å². The van der Waals surface area contributed by atoms with Gasteiger partial charge in [0.2, 0.25) is 5.91 Å². The van der Waals surface area contributed by atoms with Crippen LogP contribution in [0.25, 0.3) is 16.7 Å². The number of nitrogens with zero attached hydrogens (tertiary/aromatic N) is 6. The molecule has 1 aliphatic rings. The third-order valence-electron chi connectivity index (χ3n) is 5.56. The molecule has 1 saturated heterocycles. The summed E-state index contributed by atoms with van der Waals surface area (Å²) in [7, 11) is 2.06. The largest absolute Gasteiger partial charge is 0.340 e. The first-order valence-corrected chi connectivity index (χ1v) is 9.92. The van der Waals surface area contributed by atoms with Crippen molar-refractivity contribution in [3.05, 3.63) is 52.2 Å². The molecule has 29 heavy (non-hydrogen) atoms. The molecule has 3 aromatic rings. The van der Waals surface area contributed by atoms with Crippen LogP contribution in [0.1, 0.15) is 17.8 Å². The van der Waals surface area contributed by atoms with Crippen molar-refractivity contribution in [1.82, 2.24) is 29.1 Å². The average Bonchev–Trinajstić information content (AvgIpc) is 3.12. The molecule has 1 aromatic carbocycles. The Morgan fingerprint density at radius 1 is 1.07 bits per heavy atom.